The van der Waals surface area contributed by atoms with Crippen molar-refractivity contribution < 1.29 is 22.3 Å². The third kappa shape index (κ3) is 3.06. The van der Waals surface area contributed by atoms with E-state index in [0.717, 1.165) is 0 Å². The van der Waals surface area contributed by atoms with Gasteiger partial charge in [0.1, 0.15) is 11.9 Å². The SMILES string of the molecule is N#Cc1nc(OC(F)(F)F)cc(F)c1Br. The van der Waals surface area contributed by atoms with E-state index in [2.05, 4.69) is 25.7 Å². The van der Waals surface area contributed by atoms with Crippen LogP contribution in [0, 0.1) is 17.1 Å². The minimum absolute atomic E-state index is 0.306. The van der Waals surface area contributed by atoms with Crippen molar-refractivity contribution in [3.63, 3.8) is 0 Å². The van der Waals surface area contributed by atoms with E-state index in [-0.39, 0.29) is 4.47 Å². The predicted molar refractivity (Wildman–Crippen MR) is 43.3 cm³/mol. The van der Waals surface area contributed by atoms with E-state index < -0.39 is 23.8 Å². The Morgan fingerprint density at radius 1 is 1.47 bits per heavy atom. The van der Waals surface area contributed by atoms with E-state index in [1.54, 1.807) is 0 Å². The number of hydrogen-bond donors (Lipinski definition) is 0. The summed E-state index contributed by atoms with van der Waals surface area (Å²) in [7, 11) is 0. The average molecular weight is 285 g/mol. The van der Waals surface area contributed by atoms with Gasteiger partial charge in [-0.05, 0) is 15.9 Å². The van der Waals surface area contributed by atoms with Crippen LogP contribution < -0.4 is 4.74 Å². The molecule has 0 aromatic carbocycles. The zero-order valence-corrected chi connectivity index (χ0v) is 8.36. The summed E-state index contributed by atoms with van der Waals surface area (Å²) in [6.45, 7) is 0. The molecule has 0 aliphatic heterocycles. The summed E-state index contributed by atoms with van der Waals surface area (Å²) in [5.74, 6) is -2.07. The fourth-order valence-corrected chi connectivity index (χ4v) is 1.01. The summed E-state index contributed by atoms with van der Waals surface area (Å²) in [5, 5.41) is 8.42. The highest BCUT2D eigenvalue weighted by Gasteiger charge is 2.32. The van der Waals surface area contributed by atoms with Crippen molar-refractivity contribution >= 4 is 15.9 Å². The second kappa shape index (κ2) is 4.02. The highest BCUT2D eigenvalue weighted by Crippen LogP contribution is 2.26. The van der Waals surface area contributed by atoms with Gasteiger partial charge in [0, 0.05) is 6.07 Å². The Hall–Kier alpha value is -1.36. The molecule has 0 bridgehead atoms. The quantitative estimate of drug-likeness (QED) is 0.745. The lowest BCUT2D eigenvalue weighted by Gasteiger charge is -2.08. The fourth-order valence-electron chi connectivity index (χ4n) is 0.721. The van der Waals surface area contributed by atoms with Gasteiger partial charge in [-0.2, -0.15) is 5.26 Å². The summed E-state index contributed by atoms with van der Waals surface area (Å²) in [6, 6.07) is 1.85. The Labute approximate surface area is 89.4 Å². The molecule has 0 fully saturated rings. The van der Waals surface area contributed by atoms with Gasteiger partial charge in [0.2, 0.25) is 5.88 Å². The van der Waals surface area contributed by atoms with Crippen LogP contribution in [0.15, 0.2) is 10.5 Å². The second-order valence-electron chi connectivity index (χ2n) is 2.26. The fraction of sp³-hybridized carbons (Fsp3) is 0.143. The van der Waals surface area contributed by atoms with Crippen molar-refractivity contribution in [2.45, 2.75) is 6.36 Å². The van der Waals surface area contributed by atoms with Crippen molar-refractivity contribution in [2.75, 3.05) is 0 Å². The Kier molecular flexibility index (Phi) is 3.14. The molecule has 80 valence electrons. The normalized spacial score (nSPS) is 10.9. The average Bonchev–Trinajstić information content (AvgIpc) is 2.08. The molecule has 1 aromatic rings. The molecular weight excluding hydrogens is 284 g/mol. The molecule has 0 N–H and O–H groups in total. The van der Waals surface area contributed by atoms with E-state index in [1.165, 1.54) is 6.07 Å². The molecule has 0 saturated carbocycles. The van der Waals surface area contributed by atoms with Gasteiger partial charge >= 0.3 is 6.36 Å². The van der Waals surface area contributed by atoms with Crippen molar-refractivity contribution in [1.82, 2.24) is 4.98 Å². The number of rotatable bonds is 1. The first-order valence-corrected chi connectivity index (χ1v) is 4.14. The number of nitriles is 1. The molecule has 0 aliphatic rings. The van der Waals surface area contributed by atoms with Gasteiger partial charge in [0.15, 0.2) is 5.69 Å². The molecule has 0 saturated heterocycles. The van der Waals surface area contributed by atoms with Gasteiger partial charge in [-0.25, -0.2) is 9.37 Å². The van der Waals surface area contributed by atoms with Crippen molar-refractivity contribution in [1.29, 1.82) is 5.26 Å². The number of ether oxygens (including phenoxy) is 1. The van der Waals surface area contributed by atoms with Gasteiger partial charge in [-0.3, -0.25) is 0 Å². The van der Waals surface area contributed by atoms with Crippen LogP contribution >= 0.6 is 15.9 Å². The van der Waals surface area contributed by atoms with Gasteiger partial charge in [0.25, 0.3) is 0 Å². The van der Waals surface area contributed by atoms with Gasteiger partial charge < -0.3 is 4.74 Å². The largest absolute Gasteiger partial charge is 0.574 e. The summed E-state index contributed by atoms with van der Waals surface area (Å²) in [5.41, 5.74) is -0.519. The minimum Gasteiger partial charge on any atom is -0.388 e. The van der Waals surface area contributed by atoms with E-state index >= 15 is 0 Å². The zero-order valence-electron chi connectivity index (χ0n) is 6.77. The molecule has 1 aromatic heterocycles. The number of halogens is 5. The lowest BCUT2D eigenvalue weighted by molar-refractivity contribution is -0.276. The van der Waals surface area contributed by atoms with Crippen LogP contribution in [0.1, 0.15) is 5.69 Å². The lowest BCUT2D eigenvalue weighted by atomic mass is 10.3. The first-order chi connectivity index (χ1) is 6.83. The van der Waals surface area contributed by atoms with Crippen molar-refractivity contribution in [3.05, 3.63) is 22.1 Å². The maximum absolute atomic E-state index is 12.9. The maximum atomic E-state index is 12.9. The van der Waals surface area contributed by atoms with E-state index in [1.807, 2.05) is 0 Å². The Balaban J connectivity index is 3.13. The van der Waals surface area contributed by atoms with Gasteiger partial charge in [-0.1, -0.05) is 0 Å². The molecule has 0 spiro atoms. The Morgan fingerprint density at radius 3 is 2.53 bits per heavy atom. The summed E-state index contributed by atoms with van der Waals surface area (Å²) in [4.78, 5) is 3.15. The molecule has 0 atom stereocenters. The Bertz CT molecular complexity index is 426. The third-order valence-corrected chi connectivity index (χ3v) is 1.97. The topological polar surface area (TPSA) is 45.9 Å². The first-order valence-electron chi connectivity index (χ1n) is 3.35. The molecule has 1 heterocycles. The number of pyridine rings is 1. The van der Waals surface area contributed by atoms with Crippen LogP contribution in [0.25, 0.3) is 0 Å². The van der Waals surface area contributed by atoms with Crippen LogP contribution in [-0.4, -0.2) is 11.3 Å². The number of nitrogens with zero attached hydrogens (tertiary/aromatic N) is 2. The molecular formula is C7HBrF4N2O. The van der Waals surface area contributed by atoms with Crippen molar-refractivity contribution in [3.8, 4) is 11.9 Å². The molecule has 0 unspecified atom stereocenters. The number of alkyl halides is 3. The monoisotopic (exact) mass is 284 g/mol. The molecule has 0 radical (unpaired) electrons. The van der Waals surface area contributed by atoms with Gasteiger partial charge in [-0.15, -0.1) is 13.2 Å². The maximum Gasteiger partial charge on any atom is 0.574 e. The van der Waals surface area contributed by atoms with Crippen LogP contribution in [0.3, 0.4) is 0 Å². The van der Waals surface area contributed by atoms with E-state index in [0.29, 0.717) is 6.07 Å². The second-order valence-corrected chi connectivity index (χ2v) is 3.06. The van der Waals surface area contributed by atoms with Gasteiger partial charge in [0.05, 0.1) is 4.47 Å². The summed E-state index contributed by atoms with van der Waals surface area (Å²) >= 11 is 2.66. The third-order valence-electron chi connectivity index (χ3n) is 1.22. The van der Waals surface area contributed by atoms with Crippen molar-refractivity contribution in [2.24, 2.45) is 0 Å². The lowest BCUT2D eigenvalue weighted by Crippen LogP contribution is -2.18. The van der Waals surface area contributed by atoms with Crippen LogP contribution in [-0.2, 0) is 0 Å². The molecule has 15 heavy (non-hydrogen) atoms. The number of hydrogen-bond acceptors (Lipinski definition) is 3. The first kappa shape index (κ1) is 11.7. The standard InChI is InChI=1S/C7HBrF4N2O/c8-6-3(9)1-5(14-4(6)2-13)15-7(10,11)12/h1H. The highest BCUT2D eigenvalue weighted by molar-refractivity contribution is 9.10. The minimum atomic E-state index is -4.97. The molecule has 0 aliphatic carbocycles. The van der Waals surface area contributed by atoms with Crippen LogP contribution in [0.4, 0.5) is 17.6 Å². The molecule has 8 heteroatoms. The molecule has 0 amide bonds. The van der Waals surface area contributed by atoms with E-state index in [4.69, 9.17) is 5.26 Å². The van der Waals surface area contributed by atoms with Crippen LogP contribution in [0.5, 0.6) is 5.88 Å². The zero-order chi connectivity index (χ0) is 11.6. The summed E-state index contributed by atoms with van der Waals surface area (Å²) in [6.07, 6.45) is -4.97. The van der Waals surface area contributed by atoms with Crippen LogP contribution in [0.2, 0.25) is 0 Å². The smallest absolute Gasteiger partial charge is 0.388 e. The summed E-state index contributed by atoms with van der Waals surface area (Å²) < 4.78 is 51.2. The molecule has 1 rings (SSSR count). The highest BCUT2D eigenvalue weighted by atomic mass is 79.9. The van der Waals surface area contributed by atoms with E-state index in [9.17, 15) is 17.6 Å². The Morgan fingerprint density at radius 2 is 2.07 bits per heavy atom. The number of aromatic nitrogens is 1. The predicted octanol–water partition coefficient (Wildman–Crippen LogP) is 2.75. The molecule has 3 nitrogen and oxygen atoms in total.